The van der Waals surface area contributed by atoms with Crippen molar-refractivity contribution in [3.8, 4) is 11.1 Å². The zero-order valence-corrected chi connectivity index (χ0v) is 24.0. The number of allylic oxidation sites excluding steroid dienone is 4. The van der Waals surface area contributed by atoms with Gasteiger partial charge in [-0.25, -0.2) is 0 Å². The molecule has 0 spiro atoms. The minimum atomic E-state index is -0.577. The van der Waals surface area contributed by atoms with Gasteiger partial charge >= 0.3 is 0 Å². The van der Waals surface area contributed by atoms with Crippen molar-refractivity contribution in [2.75, 3.05) is 11.9 Å². The van der Waals surface area contributed by atoms with Crippen molar-refractivity contribution in [3.63, 3.8) is 0 Å². The Balaban J connectivity index is 1.37. The summed E-state index contributed by atoms with van der Waals surface area (Å²) in [4.78, 5) is 39.8. The molecule has 0 unspecified atom stereocenters. The average Bonchev–Trinajstić information content (AvgIpc) is 3.19. The van der Waals surface area contributed by atoms with Crippen LogP contribution >= 0.6 is 0 Å². The lowest BCUT2D eigenvalue weighted by Crippen LogP contribution is -2.32. The van der Waals surface area contributed by atoms with Crippen LogP contribution in [0.5, 0.6) is 0 Å². The molecular formula is C37H29N3O4. The fourth-order valence-corrected chi connectivity index (χ4v) is 5.99. The largest absolute Gasteiger partial charge is 0.324 e. The first-order chi connectivity index (χ1) is 21.4. The Labute approximate surface area is 254 Å². The number of nitrogens with zero attached hydrogens (tertiary/aromatic N) is 2. The summed E-state index contributed by atoms with van der Waals surface area (Å²) < 4.78 is 0. The highest BCUT2D eigenvalue weighted by molar-refractivity contribution is 6.15. The maximum Gasteiger partial charge on any atom is 0.270 e. The highest BCUT2D eigenvalue weighted by Crippen LogP contribution is 2.42. The van der Waals surface area contributed by atoms with Crippen molar-refractivity contribution >= 4 is 44.6 Å². The molecule has 1 aliphatic heterocycles. The number of nitrogens with one attached hydrogen (secondary N) is 1. The lowest BCUT2D eigenvalue weighted by atomic mass is 9.88. The van der Waals surface area contributed by atoms with Crippen molar-refractivity contribution in [3.05, 3.63) is 155 Å². The number of amides is 1. The molecule has 0 fully saturated rings. The fraction of sp³-hybridized carbons (Fsp3) is 0.0811. The van der Waals surface area contributed by atoms with Gasteiger partial charge in [-0.05, 0) is 49.9 Å². The molecule has 7 nitrogen and oxygen atoms in total. The number of hydrogen-bond acceptors (Lipinski definition) is 5. The van der Waals surface area contributed by atoms with Crippen LogP contribution in [0.3, 0.4) is 0 Å². The molecule has 0 saturated carbocycles. The van der Waals surface area contributed by atoms with Gasteiger partial charge in [-0.15, -0.1) is 0 Å². The van der Waals surface area contributed by atoms with Crippen LogP contribution in [0.1, 0.15) is 21.5 Å². The molecule has 1 aliphatic rings. The van der Waals surface area contributed by atoms with Crippen LogP contribution in [0, 0.1) is 10.1 Å². The summed E-state index contributed by atoms with van der Waals surface area (Å²) in [6.07, 6.45) is 4.26. The molecule has 0 aliphatic carbocycles. The summed E-state index contributed by atoms with van der Waals surface area (Å²) in [6.45, 7) is 8.40. The van der Waals surface area contributed by atoms with Gasteiger partial charge in [0.25, 0.3) is 5.69 Å². The molecule has 0 radical (unpaired) electrons. The Kier molecular flexibility index (Phi) is 7.70. The predicted molar refractivity (Wildman–Crippen MR) is 176 cm³/mol. The van der Waals surface area contributed by atoms with Crippen molar-refractivity contribution in [2.45, 2.75) is 13.1 Å². The van der Waals surface area contributed by atoms with Crippen LogP contribution in [0.2, 0.25) is 0 Å². The lowest BCUT2D eigenvalue weighted by Gasteiger charge is -2.21. The SMILES string of the molecule is C=C/C=C(\C=C)C(=O)c1cc([N+](=O)[O-])ccc1NC(=O)CN1Cc2ccc3ccccc3c2-c2c(ccc3ccccc23)C1. The summed E-state index contributed by atoms with van der Waals surface area (Å²) in [7, 11) is 0. The second-order valence-electron chi connectivity index (χ2n) is 10.7. The molecule has 7 heteroatoms. The number of fused-ring (bicyclic) bond motifs is 7. The van der Waals surface area contributed by atoms with Gasteiger partial charge in [-0.2, -0.15) is 0 Å². The predicted octanol–water partition coefficient (Wildman–Crippen LogP) is 8.00. The molecule has 216 valence electrons. The third kappa shape index (κ3) is 5.32. The zero-order valence-electron chi connectivity index (χ0n) is 24.0. The van der Waals surface area contributed by atoms with Crippen LogP contribution in [-0.2, 0) is 17.9 Å². The van der Waals surface area contributed by atoms with Crippen LogP contribution in [0.25, 0.3) is 32.7 Å². The molecule has 0 aromatic heterocycles. The second-order valence-corrected chi connectivity index (χ2v) is 10.7. The van der Waals surface area contributed by atoms with E-state index in [9.17, 15) is 19.7 Å². The Morgan fingerprint density at radius 3 is 1.98 bits per heavy atom. The Bertz CT molecular complexity index is 1960. The van der Waals surface area contributed by atoms with Crippen molar-refractivity contribution < 1.29 is 14.5 Å². The molecule has 0 saturated heterocycles. The molecule has 44 heavy (non-hydrogen) atoms. The molecule has 0 atom stereocenters. The lowest BCUT2D eigenvalue weighted by molar-refractivity contribution is -0.384. The number of non-ortho nitro benzene ring substituents is 1. The third-order valence-electron chi connectivity index (χ3n) is 7.95. The first-order valence-electron chi connectivity index (χ1n) is 14.2. The summed E-state index contributed by atoms with van der Waals surface area (Å²) in [5, 5.41) is 18.9. The fourth-order valence-electron chi connectivity index (χ4n) is 5.99. The summed E-state index contributed by atoms with van der Waals surface area (Å²) in [6, 6.07) is 29.0. The van der Waals surface area contributed by atoms with E-state index in [1.807, 2.05) is 12.1 Å². The van der Waals surface area contributed by atoms with E-state index in [2.05, 4.69) is 84.0 Å². The van der Waals surface area contributed by atoms with E-state index >= 15 is 0 Å². The minimum Gasteiger partial charge on any atom is -0.324 e. The number of carbonyl (C=O) groups excluding carboxylic acids is 2. The van der Waals surface area contributed by atoms with Gasteiger partial charge in [0.15, 0.2) is 5.78 Å². The first kappa shape index (κ1) is 28.5. The molecule has 5 aromatic rings. The third-order valence-corrected chi connectivity index (χ3v) is 7.95. The van der Waals surface area contributed by atoms with Crippen LogP contribution < -0.4 is 5.32 Å². The van der Waals surface area contributed by atoms with Gasteiger partial charge in [0, 0.05) is 30.8 Å². The Hall–Kier alpha value is -5.66. The van der Waals surface area contributed by atoms with E-state index in [0.29, 0.717) is 13.1 Å². The molecule has 6 rings (SSSR count). The van der Waals surface area contributed by atoms with Gasteiger partial charge in [-0.1, -0.05) is 104 Å². The van der Waals surface area contributed by atoms with Crippen molar-refractivity contribution in [1.29, 1.82) is 0 Å². The summed E-state index contributed by atoms with van der Waals surface area (Å²) >= 11 is 0. The standard InChI is InChI=1S/C37H29N3O4/c1-3-9-24(4-2)37(42)32-20-29(40(43)44)18-19-33(32)38-34(41)23-39-21-27-16-14-25-10-5-7-12-30(25)35(27)36-28(22-39)17-15-26-11-6-8-13-31(26)36/h3-20H,1-2,21-23H2,(H,38,41)/b24-9+. The van der Waals surface area contributed by atoms with Crippen molar-refractivity contribution in [2.24, 2.45) is 0 Å². The molecule has 1 amide bonds. The number of hydrogen-bond donors (Lipinski definition) is 1. The Morgan fingerprint density at radius 1 is 0.841 bits per heavy atom. The number of carbonyl (C=O) groups is 2. The maximum atomic E-state index is 13.6. The zero-order chi connectivity index (χ0) is 30.8. The van der Waals surface area contributed by atoms with E-state index in [4.69, 9.17) is 0 Å². The molecule has 1 N–H and O–H groups in total. The van der Waals surface area contributed by atoms with Gasteiger partial charge < -0.3 is 5.32 Å². The topological polar surface area (TPSA) is 92.5 Å². The van der Waals surface area contributed by atoms with Crippen LogP contribution in [-0.4, -0.2) is 28.1 Å². The molecule has 0 bridgehead atoms. The number of Topliss-reactive ketones (excluding diaryl/α,β-unsaturated/α-hetero) is 1. The van der Waals surface area contributed by atoms with Crippen molar-refractivity contribution in [1.82, 2.24) is 4.90 Å². The number of benzene rings is 5. The van der Waals surface area contributed by atoms with E-state index < -0.39 is 10.7 Å². The van der Waals surface area contributed by atoms with Gasteiger partial charge in [0.2, 0.25) is 5.91 Å². The second kappa shape index (κ2) is 11.9. The van der Waals surface area contributed by atoms with E-state index in [1.165, 1.54) is 47.6 Å². The minimum absolute atomic E-state index is 0.00467. The van der Waals surface area contributed by atoms with Crippen LogP contribution in [0.15, 0.2) is 128 Å². The monoisotopic (exact) mass is 579 g/mol. The van der Waals surface area contributed by atoms with Gasteiger partial charge in [0.1, 0.15) is 0 Å². The number of ketones is 1. The normalized spacial score (nSPS) is 13.0. The number of anilines is 1. The van der Waals surface area contributed by atoms with E-state index in [0.717, 1.165) is 32.7 Å². The summed E-state index contributed by atoms with van der Waals surface area (Å²) in [5.41, 5.74) is 4.72. The first-order valence-corrected chi connectivity index (χ1v) is 14.2. The van der Waals surface area contributed by atoms with Gasteiger partial charge in [-0.3, -0.25) is 24.6 Å². The summed E-state index contributed by atoms with van der Waals surface area (Å²) in [5.74, 6) is -0.845. The number of nitro groups is 1. The highest BCUT2D eigenvalue weighted by Gasteiger charge is 2.25. The number of nitro benzene ring substituents is 1. The average molecular weight is 580 g/mol. The quantitative estimate of drug-likeness (QED) is 0.0661. The van der Waals surface area contributed by atoms with Crippen LogP contribution in [0.4, 0.5) is 11.4 Å². The van der Waals surface area contributed by atoms with Gasteiger partial charge in [0.05, 0.1) is 22.7 Å². The molecule has 1 heterocycles. The molecule has 5 aromatic carbocycles. The van der Waals surface area contributed by atoms with E-state index in [-0.39, 0.29) is 35.0 Å². The van der Waals surface area contributed by atoms with E-state index in [1.54, 1.807) is 0 Å². The maximum absolute atomic E-state index is 13.6. The number of rotatable bonds is 8. The molecular weight excluding hydrogens is 550 g/mol. The smallest absolute Gasteiger partial charge is 0.270 e. The highest BCUT2D eigenvalue weighted by atomic mass is 16.6. The Morgan fingerprint density at radius 2 is 1.43 bits per heavy atom.